The van der Waals surface area contributed by atoms with E-state index in [0.29, 0.717) is 25.1 Å². The van der Waals surface area contributed by atoms with Crippen molar-refractivity contribution in [3.8, 4) is 0 Å². The third-order valence-electron chi connectivity index (χ3n) is 4.17. The molecular weight excluding hydrogens is 376 g/mol. The number of hydrogen-bond acceptors (Lipinski definition) is 5. The largest absolute Gasteiger partial charge is 0.352 e. The summed E-state index contributed by atoms with van der Waals surface area (Å²) in [5.74, 6) is -0.152. The summed E-state index contributed by atoms with van der Waals surface area (Å²) in [7, 11) is -3.19. The Bertz CT molecular complexity index is 986. The van der Waals surface area contributed by atoms with Crippen molar-refractivity contribution in [1.29, 1.82) is 0 Å². The summed E-state index contributed by atoms with van der Waals surface area (Å²) in [6.07, 6.45) is 3.49. The van der Waals surface area contributed by atoms with Crippen molar-refractivity contribution in [3.63, 3.8) is 0 Å². The molecule has 7 nitrogen and oxygen atoms in total. The van der Waals surface area contributed by atoms with E-state index >= 15 is 0 Å². The van der Waals surface area contributed by atoms with Gasteiger partial charge in [-0.1, -0.05) is 42.5 Å². The molecule has 0 saturated heterocycles. The lowest BCUT2D eigenvalue weighted by Gasteiger charge is -2.07. The predicted octanol–water partition coefficient (Wildman–Crippen LogP) is 2.06. The highest BCUT2D eigenvalue weighted by Gasteiger charge is 2.12. The lowest BCUT2D eigenvalue weighted by molar-refractivity contribution is 0.0953. The first-order chi connectivity index (χ1) is 13.5. The van der Waals surface area contributed by atoms with Crippen molar-refractivity contribution in [2.75, 3.05) is 12.3 Å². The first kappa shape index (κ1) is 19.8. The van der Waals surface area contributed by atoms with Crippen LogP contribution in [-0.2, 0) is 22.1 Å². The quantitative estimate of drug-likeness (QED) is 0.557. The SMILES string of the molecule is O=C(NCCCS(=O)(=O)Cc1ccccc1)c1ccc(Cn2cncn2)cc1. The molecule has 0 aliphatic heterocycles. The van der Waals surface area contributed by atoms with Crippen LogP contribution in [0.25, 0.3) is 0 Å². The van der Waals surface area contributed by atoms with Gasteiger partial charge in [-0.3, -0.25) is 4.79 Å². The summed E-state index contributed by atoms with van der Waals surface area (Å²) in [5, 5.41) is 6.81. The zero-order valence-electron chi connectivity index (χ0n) is 15.4. The Hall–Kier alpha value is -3.00. The highest BCUT2D eigenvalue weighted by atomic mass is 32.2. The van der Waals surface area contributed by atoms with Gasteiger partial charge in [0.1, 0.15) is 12.7 Å². The van der Waals surface area contributed by atoms with Gasteiger partial charge in [-0.25, -0.2) is 18.1 Å². The van der Waals surface area contributed by atoms with Gasteiger partial charge < -0.3 is 5.32 Å². The molecule has 0 spiro atoms. The summed E-state index contributed by atoms with van der Waals surface area (Å²) in [6, 6.07) is 16.3. The lowest BCUT2D eigenvalue weighted by Crippen LogP contribution is -2.26. The van der Waals surface area contributed by atoms with E-state index in [1.54, 1.807) is 35.3 Å². The van der Waals surface area contributed by atoms with E-state index in [2.05, 4.69) is 15.4 Å². The number of carbonyl (C=O) groups excluding carboxylic acids is 1. The summed E-state index contributed by atoms with van der Waals surface area (Å²) >= 11 is 0. The van der Waals surface area contributed by atoms with Crippen molar-refractivity contribution in [2.45, 2.75) is 18.7 Å². The number of rotatable bonds is 9. The number of amides is 1. The number of sulfone groups is 1. The maximum absolute atomic E-state index is 12.2. The van der Waals surface area contributed by atoms with Crippen LogP contribution in [0.2, 0.25) is 0 Å². The van der Waals surface area contributed by atoms with Crippen LogP contribution < -0.4 is 5.32 Å². The van der Waals surface area contributed by atoms with Gasteiger partial charge in [-0.15, -0.1) is 0 Å². The second-order valence-electron chi connectivity index (χ2n) is 6.48. The lowest BCUT2D eigenvalue weighted by atomic mass is 10.1. The van der Waals surface area contributed by atoms with Crippen molar-refractivity contribution in [3.05, 3.63) is 83.9 Å². The van der Waals surface area contributed by atoms with Crippen molar-refractivity contribution in [1.82, 2.24) is 20.1 Å². The second-order valence-corrected chi connectivity index (χ2v) is 8.66. The molecule has 0 saturated carbocycles. The van der Waals surface area contributed by atoms with Crippen molar-refractivity contribution < 1.29 is 13.2 Å². The van der Waals surface area contributed by atoms with Crippen molar-refractivity contribution in [2.24, 2.45) is 0 Å². The average molecular weight is 398 g/mol. The van der Waals surface area contributed by atoms with E-state index in [-0.39, 0.29) is 17.4 Å². The van der Waals surface area contributed by atoms with Gasteiger partial charge in [-0.2, -0.15) is 5.10 Å². The smallest absolute Gasteiger partial charge is 0.251 e. The molecule has 0 radical (unpaired) electrons. The maximum atomic E-state index is 12.2. The highest BCUT2D eigenvalue weighted by molar-refractivity contribution is 7.90. The molecule has 2 aromatic carbocycles. The number of nitrogens with one attached hydrogen (secondary N) is 1. The molecule has 3 aromatic rings. The Morgan fingerprint density at radius 2 is 1.75 bits per heavy atom. The van der Waals surface area contributed by atoms with Gasteiger partial charge >= 0.3 is 0 Å². The van der Waals surface area contributed by atoms with Crippen LogP contribution >= 0.6 is 0 Å². The normalized spacial score (nSPS) is 11.3. The van der Waals surface area contributed by atoms with Gasteiger partial charge in [0.15, 0.2) is 9.84 Å². The molecule has 1 aromatic heterocycles. The minimum Gasteiger partial charge on any atom is -0.352 e. The van der Waals surface area contributed by atoms with Crippen LogP contribution in [0, 0.1) is 0 Å². The standard InChI is InChI=1S/C20H22N4O3S/c25-20(19-9-7-17(8-10-19)13-24-16-21-15-23-24)22-11-4-12-28(26,27)14-18-5-2-1-3-6-18/h1-3,5-10,15-16H,4,11-14H2,(H,22,25). The van der Waals surface area contributed by atoms with Gasteiger partial charge in [0.2, 0.25) is 0 Å². The molecule has 3 rings (SSSR count). The first-order valence-corrected chi connectivity index (χ1v) is 10.8. The molecule has 8 heteroatoms. The Kier molecular flexibility index (Phi) is 6.54. The molecule has 146 valence electrons. The van der Waals surface area contributed by atoms with Crippen molar-refractivity contribution >= 4 is 15.7 Å². The summed E-state index contributed by atoms with van der Waals surface area (Å²) in [4.78, 5) is 16.1. The molecular formula is C20H22N4O3S. The fraction of sp³-hybridized carbons (Fsp3) is 0.250. The molecule has 0 aliphatic carbocycles. The molecule has 0 bridgehead atoms. The van der Waals surface area contributed by atoms with E-state index < -0.39 is 9.84 Å². The van der Waals surface area contributed by atoms with Crippen LogP contribution in [0.5, 0.6) is 0 Å². The van der Waals surface area contributed by atoms with Crippen LogP contribution in [0.15, 0.2) is 67.3 Å². The maximum Gasteiger partial charge on any atom is 0.251 e. The van der Waals surface area contributed by atoms with Crippen LogP contribution in [0.3, 0.4) is 0 Å². The van der Waals surface area contributed by atoms with Gasteiger partial charge in [0.05, 0.1) is 18.1 Å². The van der Waals surface area contributed by atoms with Crippen LogP contribution in [0.1, 0.15) is 27.9 Å². The van der Waals surface area contributed by atoms with E-state index in [9.17, 15) is 13.2 Å². The molecule has 28 heavy (non-hydrogen) atoms. The van der Waals surface area contributed by atoms with Gasteiger partial charge in [0, 0.05) is 12.1 Å². The summed E-state index contributed by atoms with van der Waals surface area (Å²) in [6.45, 7) is 0.898. The summed E-state index contributed by atoms with van der Waals surface area (Å²) in [5.41, 5.74) is 2.32. The van der Waals surface area contributed by atoms with Crippen LogP contribution in [-0.4, -0.2) is 41.4 Å². The number of carbonyl (C=O) groups is 1. The number of nitrogens with zero attached hydrogens (tertiary/aromatic N) is 3. The van der Waals surface area contributed by atoms with E-state index in [0.717, 1.165) is 11.1 Å². The zero-order valence-corrected chi connectivity index (χ0v) is 16.2. The molecule has 0 atom stereocenters. The minimum absolute atomic E-state index is 0.0228. The molecule has 0 aliphatic rings. The van der Waals surface area contributed by atoms with Gasteiger partial charge in [0.25, 0.3) is 5.91 Å². The zero-order chi connectivity index (χ0) is 19.8. The third kappa shape index (κ3) is 6.02. The van der Waals surface area contributed by atoms with Gasteiger partial charge in [-0.05, 0) is 29.7 Å². The molecule has 1 amide bonds. The average Bonchev–Trinajstić information content (AvgIpc) is 3.19. The van der Waals surface area contributed by atoms with E-state index in [1.807, 2.05) is 30.3 Å². The predicted molar refractivity (Wildman–Crippen MR) is 106 cm³/mol. The Balaban J connectivity index is 1.42. The Morgan fingerprint density at radius 1 is 1.00 bits per heavy atom. The fourth-order valence-corrected chi connectivity index (χ4v) is 4.19. The summed E-state index contributed by atoms with van der Waals surface area (Å²) < 4.78 is 26.0. The minimum atomic E-state index is -3.19. The van der Waals surface area contributed by atoms with E-state index in [1.165, 1.54) is 6.33 Å². The second kappa shape index (κ2) is 9.27. The third-order valence-corrected chi connectivity index (χ3v) is 5.86. The fourth-order valence-electron chi connectivity index (χ4n) is 2.76. The Labute approximate surface area is 164 Å². The van der Waals surface area contributed by atoms with E-state index in [4.69, 9.17) is 0 Å². The monoisotopic (exact) mass is 398 g/mol. The molecule has 1 N–H and O–H groups in total. The first-order valence-electron chi connectivity index (χ1n) is 8.96. The highest BCUT2D eigenvalue weighted by Crippen LogP contribution is 2.08. The number of aromatic nitrogens is 3. The topological polar surface area (TPSA) is 94.0 Å². The number of hydrogen-bond donors (Lipinski definition) is 1. The Morgan fingerprint density at radius 3 is 2.43 bits per heavy atom. The molecule has 0 fully saturated rings. The van der Waals surface area contributed by atoms with Crippen LogP contribution in [0.4, 0.5) is 0 Å². The molecule has 1 heterocycles. The molecule has 0 unspecified atom stereocenters. The number of benzene rings is 2.